The van der Waals surface area contributed by atoms with Crippen molar-refractivity contribution in [2.75, 3.05) is 6.61 Å². The summed E-state index contributed by atoms with van der Waals surface area (Å²) in [4.78, 5) is 20.5. The van der Waals surface area contributed by atoms with E-state index in [-0.39, 0.29) is 5.63 Å². The molecule has 0 saturated carbocycles. The van der Waals surface area contributed by atoms with Crippen molar-refractivity contribution in [2.45, 2.75) is 20.3 Å². The lowest BCUT2D eigenvalue weighted by atomic mass is 10.1. The molecule has 2 aromatic rings. The number of rotatable bonds is 4. The molecule has 5 nitrogen and oxygen atoms in total. The quantitative estimate of drug-likeness (QED) is 0.691. The van der Waals surface area contributed by atoms with Gasteiger partial charge in [-0.25, -0.2) is 9.59 Å². The zero-order valence-electron chi connectivity index (χ0n) is 12.1. The van der Waals surface area contributed by atoms with Gasteiger partial charge >= 0.3 is 11.6 Å². The molecule has 0 atom stereocenters. The summed E-state index contributed by atoms with van der Waals surface area (Å²) >= 11 is 0. The maximum atomic E-state index is 11.2. The molecule has 1 N–H and O–H groups in total. The molecule has 0 fully saturated rings. The molecule has 0 unspecified atom stereocenters. The molecular weight excluding hydrogens is 272 g/mol. The van der Waals surface area contributed by atoms with E-state index in [1.54, 1.807) is 6.07 Å². The van der Waals surface area contributed by atoms with Crippen LogP contribution in [-0.4, -0.2) is 17.7 Å². The van der Waals surface area contributed by atoms with Gasteiger partial charge in [0.25, 0.3) is 0 Å². The zero-order valence-corrected chi connectivity index (χ0v) is 12.1. The smallest absolute Gasteiger partial charge is 0.336 e. The van der Waals surface area contributed by atoms with Crippen LogP contribution in [0.25, 0.3) is 11.0 Å². The Morgan fingerprint density at radius 2 is 2.10 bits per heavy atom. The van der Waals surface area contributed by atoms with Crippen LogP contribution in [0, 0.1) is 6.92 Å². The molecule has 5 heteroatoms. The van der Waals surface area contributed by atoms with E-state index in [1.165, 1.54) is 6.07 Å². The standard InChI is InChI=1S/C13H14O3.C3H4O2/c1-3-6-15-10-4-5-11-9(2)7-13(14)16-12(11)8-10;1-2-3(4)5/h4-5,7-8H,3,6H2,1-2H3;2H,1H2,(H,4,5). The third-order valence-corrected chi connectivity index (χ3v) is 2.57. The number of aryl methyl sites for hydroxylation is 1. The fourth-order valence-electron chi connectivity index (χ4n) is 1.61. The lowest BCUT2D eigenvalue weighted by molar-refractivity contribution is -0.131. The minimum Gasteiger partial charge on any atom is -0.493 e. The van der Waals surface area contributed by atoms with Crippen molar-refractivity contribution in [2.24, 2.45) is 0 Å². The normalized spacial score (nSPS) is 9.62. The van der Waals surface area contributed by atoms with Gasteiger partial charge in [0.2, 0.25) is 0 Å². The summed E-state index contributed by atoms with van der Waals surface area (Å²) in [6, 6.07) is 7.07. The van der Waals surface area contributed by atoms with Crippen LogP contribution in [0.15, 0.2) is 46.1 Å². The third kappa shape index (κ3) is 5.14. The Hall–Kier alpha value is -2.56. The molecule has 0 spiro atoms. The van der Waals surface area contributed by atoms with Crippen LogP contribution < -0.4 is 10.4 Å². The van der Waals surface area contributed by atoms with Crippen LogP contribution in [0.5, 0.6) is 5.75 Å². The largest absolute Gasteiger partial charge is 0.493 e. The van der Waals surface area contributed by atoms with Crippen LogP contribution in [-0.2, 0) is 4.79 Å². The SMILES string of the molecule is C=CC(=O)O.CCCOc1ccc2c(C)cc(=O)oc2c1. The average molecular weight is 290 g/mol. The number of ether oxygens (including phenoxy) is 1. The summed E-state index contributed by atoms with van der Waals surface area (Å²) in [6.45, 7) is 7.57. The number of aliphatic carboxylic acids is 1. The summed E-state index contributed by atoms with van der Waals surface area (Å²) < 4.78 is 10.6. The Balaban J connectivity index is 0.000000383. The first kappa shape index (κ1) is 16.5. The molecule has 21 heavy (non-hydrogen) atoms. The molecule has 0 aliphatic carbocycles. The van der Waals surface area contributed by atoms with Gasteiger partial charge < -0.3 is 14.3 Å². The van der Waals surface area contributed by atoms with Crippen molar-refractivity contribution in [1.29, 1.82) is 0 Å². The number of hydrogen-bond donors (Lipinski definition) is 1. The molecule has 0 radical (unpaired) electrons. The topological polar surface area (TPSA) is 76.7 Å². The molecule has 0 bridgehead atoms. The number of fused-ring (bicyclic) bond motifs is 1. The highest BCUT2D eigenvalue weighted by Crippen LogP contribution is 2.22. The molecule has 0 saturated heterocycles. The van der Waals surface area contributed by atoms with Gasteiger partial charge in [-0.15, -0.1) is 0 Å². The number of carboxylic acid groups (broad SMARTS) is 1. The van der Waals surface area contributed by atoms with E-state index in [9.17, 15) is 9.59 Å². The average Bonchev–Trinajstić information content (AvgIpc) is 2.45. The second-order valence-electron chi connectivity index (χ2n) is 4.30. The highest BCUT2D eigenvalue weighted by atomic mass is 16.5. The second kappa shape index (κ2) is 7.89. The van der Waals surface area contributed by atoms with Gasteiger partial charge in [0.05, 0.1) is 6.61 Å². The molecular formula is C16H18O5. The van der Waals surface area contributed by atoms with Gasteiger partial charge in [-0.1, -0.05) is 13.5 Å². The fourth-order valence-corrected chi connectivity index (χ4v) is 1.61. The van der Waals surface area contributed by atoms with Crippen LogP contribution in [0.1, 0.15) is 18.9 Å². The fraction of sp³-hybridized carbons (Fsp3) is 0.250. The van der Waals surface area contributed by atoms with Crippen molar-refractivity contribution in [3.05, 3.63) is 52.9 Å². The summed E-state index contributed by atoms with van der Waals surface area (Å²) in [6.07, 6.45) is 1.79. The lowest BCUT2D eigenvalue weighted by Crippen LogP contribution is -1.99. The molecule has 1 aromatic heterocycles. The van der Waals surface area contributed by atoms with E-state index >= 15 is 0 Å². The van der Waals surface area contributed by atoms with Gasteiger partial charge in [0.1, 0.15) is 11.3 Å². The van der Waals surface area contributed by atoms with Gasteiger partial charge in [-0.05, 0) is 31.0 Å². The van der Waals surface area contributed by atoms with E-state index in [4.69, 9.17) is 14.3 Å². The van der Waals surface area contributed by atoms with Crippen molar-refractivity contribution in [1.82, 2.24) is 0 Å². The number of benzene rings is 1. The van der Waals surface area contributed by atoms with E-state index in [0.29, 0.717) is 12.2 Å². The van der Waals surface area contributed by atoms with Crippen molar-refractivity contribution in [3.63, 3.8) is 0 Å². The van der Waals surface area contributed by atoms with Crippen LogP contribution in [0.2, 0.25) is 0 Å². The molecule has 0 aliphatic heterocycles. The summed E-state index contributed by atoms with van der Waals surface area (Å²) in [5.41, 5.74) is 1.18. The van der Waals surface area contributed by atoms with E-state index < -0.39 is 5.97 Å². The highest BCUT2D eigenvalue weighted by Gasteiger charge is 2.03. The van der Waals surface area contributed by atoms with Crippen LogP contribution in [0.3, 0.4) is 0 Å². The number of carboxylic acids is 1. The highest BCUT2D eigenvalue weighted by molar-refractivity contribution is 5.81. The molecule has 112 valence electrons. The molecule has 1 aromatic carbocycles. The number of hydrogen-bond acceptors (Lipinski definition) is 4. The second-order valence-corrected chi connectivity index (χ2v) is 4.30. The van der Waals surface area contributed by atoms with Gasteiger partial charge in [-0.3, -0.25) is 0 Å². The lowest BCUT2D eigenvalue weighted by Gasteiger charge is -2.05. The Kier molecular flexibility index (Phi) is 6.20. The van der Waals surface area contributed by atoms with Crippen LogP contribution >= 0.6 is 0 Å². The molecule has 0 amide bonds. The minimum absolute atomic E-state index is 0.322. The van der Waals surface area contributed by atoms with E-state index in [1.807, 2.05) is 26.0 Å². The third-order valence-electron chi connectivity index (χ3n) is 2.57. The Morgan fingerprint density at radius 3 is 2.67 bits per heavy atom. The van der Waals surface area contributed by atoms with Crippen molar-refractivity contribution in [3.8, 4) is 5.75 Å². The predicted octanol–water partition coefficient (Wildman–Crippen LogP) is 3.15. The van der Waals surface area contributed by atoms with E-state index in [2.05, 4.69) is 6.58 Å². The zero-order chi connectivity index (χ0) is 15.8. The first-order valence-corrected chi connectivity index (χ1v) is 6.50. The Bertz CT molecular complexity index is 685. The molecule has 0 aliphatic rings. The van der Waals surface area contributed by atoms with Gasteiger partial charge in [0, 0.05) is 23.6 Å². The minimum atomic E-state index is -0.981. The maximum Gasteiger partial charge on any atom is 0.336 e. The maximum absolute atomic E-state index is 11.2. The number of carbonyl (C=O) groups is 1. The van der Waals surface area contributed by atoms with Crippen molar-refractivity contribution < 1.29 is 19.1 Å². The Morgan fingerprint density at radius 1 is 1.43 bits per heavy atom. The first-order valence-electron chi connectivity index (χ1n) is 6.50. The Labute approximate surface area is 122 Å². The summed E-state index contributed by atoms with van der Waals surface area (Å²) in [5, 5.41) is 8.55. The summed E-state index contributed by atoms with van der Waals surface area (Å²) in [7, 11) is 0. The molecule has 1 heterocycles. The monoisotopic (exact) mass is 290 g/mol. The first-order chi connectivity index (χ1) is 9.97. The summed E-state index contributed by atoms with van der Waals surface area (Å²) in [5.74, 6) is -0.242. The van der Waals surface area contributed by atoms with Gasteiger partial charge in [0.15, 0.2) is 0 Å². The van der Waals surface area contributed by atoms with E-state index in [0.717, 1.165) is 29.2 Å². The van der Waals surface area contributed by atoms with Crippen LogP contribution in [0.4, 0.5) is 0 Å². The molecule has 2 rings (SSSR count). The van der Waals surface area contributed by atoms with Gasteiger partial charge in [-0.2, -0.15) is 0 Å². The van der Waals surface area contributed by atoms with Crippen molar-refractivity contribution >= 4 is 16.9 Å². The predicted molar refractivity (Wildman–Crippen MR) is 80.8 cm³/mol.